The first kappa shape index (κ1) is 18.5. The Labute approximate surface area is 158 Å². The summed E-state index contributed by atoms with van der Waals surface area (Å²) >= 11 is 0. The molecule has 1 saturated heterocycles. The van der Waals surface area contributed by atoms with Gasteiger partial charge in [-0.3, -0.25) is 0 Å². The van der Waals surface area contributed by atoms with Crippen LogP contribution in [0.3, 0.4) is 0 Å². The highest BCUT2D eigenvalue weighted by molar-refractivity contribution is 7.89. The van der Waals surface area contributed by atoms with Gasteiger partial charge in [-0.2, -0.15) is 4.31 Å². The molecule has 146 valence electrons. The molecule has 1 N–H and O–H groups in total. The average molecular weight is 393 g/mol. The molecule has 3 heterocycles. The van der Waals surface area contributed by atoms with Gasteiger partial charge in [0.15, 0.2) is 0 Å². The molecule has 9 heteroatoms. The van der Waals surface area contributed by atoms with E-state index in [4.69, 9.17) is 0 Å². The smallest absolute Gasteiger partial charge is 0.243 e. The van der Waals surface area contributed by atoms with Gasteiger partial charge in [0.1, 0.15) is 17.5 Å². The fourth-order valence-corrected chi connectivity index (χ4v) is 5.32. The van der Waals surface area contributed by atoms with Crippen molar-refractivity contribution < 1.29 is 12.8 Å². The number of aryl methyl sites for hydroxylation is 1. The normalized spacial score (nSPS) is 19.6. The van der Waals surface area contributed by atoms with E-state index in [9.17, 15) is 12.8 Å². The van der Waals surface area contributed by atoms with Crippen LogP contribution >= 0.6 is 0 Å². The Bertz CT molecular complexity index is 935. The summed E-state index contributed by atoms with van der Waals surface area (Å²) in [7, 11) is -3.68. The van der Waals surface area contributed by atoms with Crippen LogP contribution in [-0.4, -0.2) is 53.7 Å². The predicted octanol–water partition coefficient (Wildman–Crippen LogP) is 1.44. The van der Waals surface area contributed by atoms with Crippen LogP contribution in [0.25, 0.3) is 0 Å². The summed E-state index contributed by atoms with van der Waals surface area (Å²) in [4.78, 5) is 0.0199. The van der Waals surface area contributed by atoms with Crippen molar-refractivity contribution in [2.24, 2.45) is 0 Å². The zero-order chi connectivity index (χ0) is 19.0. The van der Waals surface area contributed by atoms with Crippen molar-refractivity contribution in [2.45, 2.75) is 43.5 Å². The molecule has 0 unspecified atom stereocenters. The van der Waals surface area contributed by atoms with Crippen molar-refractivity contribution in [1.29, 1.82) is 0 Å². The summed E-state index contributed by atoms with van der Waals surface area (Å²) in [5.74, 6) is 1.67. The van der Waals surface area contributed by atoms with Gasteiger partial charge in [-0.05, 0) is 37.5 Å². The van der Waals surface area contributed by atoms with E-state index in [1.54, 1.807) is 6.92 Å². The van der Waals surface area contributed by atoms with Crippen LogP contribution in [0.15, 0.2) is 23.1 Å². The molecule has 7 nitrogen and oxygen atoms in total. The number of aromatic nitrogens is 3. The van der Waals surface area contributed by atoms with Gasteiger partial charge in [-0.15, -0.1) is 10.2 Å². The van der Waals surface area contributed by atoms with Crippen molar-refractivity contribution in [3.63, 3.8) is 0 Å². The van der Waals surface area contributed by atoms with Gasteiger partial charge in [-0.1, -0.05) is 6.07 Å². The summed E-state index contributed by atoms with van der Waals surface area (Å²) in [6.45, 7) is 5.07. The van der Waals surface area contributed by atoms with Crippen LogP contribution in [0, 0.1) is 12.7 Å². The molecule has 2 aromatic rings. The number of sulfonamides is 1. The van der Waals surface area contributed by atoms with Crippen LogP contribution in [0.2, 0.25) is 0 Å². The second kappa shape index (κ2) is 7.29. The van der Waals surface area contributed by atoms with Gasteiger partial charge >= 0.3 is 0 Å². The Morgan fingerprint density at radius 2 is 1.93 bits per heavy atom. The molecule has 4 rings (SSSR count). The molecule has 0 bridgehead atoms. The van der Waals surface area contributed by atoms with Crippen LogP contribution in [-0.2, 0) is 23.0 Å². The monoisotopic (exact) mass is 393 g/mol. The summed E-state index contributed by atoms with van der Waals surface area (Å²) < 4.78 is 43.1. The number of nitrogens with one attached hydrogen (secondary N) is 1. The number of nitrogens with zero attached hydrogens (tertiary/aromatic N) is 4. The number of piperidine rings is 1. The zero-order valence-electron chi connectivity index (χ0n) is 15.4. The Balaban J connectivity index is 1.49. The molecule has 0 radical (unpaired) electrons. The number of fused-ring (bicyclic) bond motifs is 1. The molecular weight excluding hydrogens is 369 g/mol. The lowest BCUT2D eigenvalue weighted by Crippen LogP contribution is -2.38. The van der Waals surface area contributed by atoms with E-state index in [1.165, 1.54) is 16.4 Å². The average Bonchev–Trinajstić information content (AvgIpc) is 2.92. The molecular formula is C18H24FN5O2S. The molecule has 0 atom stereocenters. The Morgan fingerprint density at radius 3 is 2.67 bits per heavy atom. The molecule has 2 aliphatic heterocycles. The van der Waals surface area contributed by atoms with E-state index in [0.29, 0.717) is 31.5 Å². The van der Waals surface area contributed by atoms with Crippen LogP contribution in [0.5, 0.6) is 0 Å². The molecule has 2 aliphatic rings. The minimum Gasteiger partial charge on any atom is -0.315 e. The minimum atomic E-state index is -3.68. The highest BCUT2D eigenvalue weighted by Gasteiger charge is 2.32. The van der Waals surface area contributed by atoms with Crippen molar-refractivity contribution in [3.8, 4) is 0 Å². The van der Waals surface area contributed by atoms with Crippen molar-refractivity contribution in [2.75, 3.05) is 26.2 Å². The van der Waals surface area contributed by atoms with E-state index in [-0.39, 0.29) is 10.8 Å². The Hall–Kier alpha value is -1.84. The predicted molar refractivity (Wildman–Crippen MR) is 98.5 cm³/mol. The minimum absolute atomic E-state index is 0.0199. The SMILES string of the molecule is Cc1ccc(S(=O)(=O)N2CCC(c3nnc4n3CCNCC4)CC2)cc1F. The first-order valence-corrected chi connectivity index (χ1v) is 10.8. The van der Waals surface area contributed by atoms with Crippen molar-refractivity contribution >= 4 is 10.0 Å². The fourth-order valence-electron chi connectivity index (χ4n) is 3.83. The molecule has 0 spiro atoms. The first-order valence-electron chi connectivity index (χ1n) is 9.36. The highest BCUT2D eigenvalue weighted by atomic mass is 32.2. The van der Waals surface area contributed by atoms with E-state index >= 15 is 0 Å². The largest absolute Gasteiger partial charge is 0.315 e. The molecule has 1 aromatic carbocycles. The maximum absolute atomic E-state index is 13.8. The lowest BCUT2D eigenvalue weighted by atomic mass is 9.97. The van der Waals surface area contributed by atoms with Crippen molar-refractivity contribution in [1.82, 2.24) is 24.4 Å². The third kappa shape index (κ3) is 3.51. The maximum atomic E-state index is 13.8. The molecule has 1 fully saturated rings. The summed E-state index contributed by atoms with van der Waals surface area (Å²) in [5.41, 5.74) is 0.439. The second-order valence-electron chi connectivity index (χ2n) is 7.22. The number of halogens is 1. The maximum Gasteiger partial charge on any atom is 0.243 e. The zero-order valence-corrected chi connectivity index (χ0v) is 16.2. The lowest BCUT2D eigenvalue weighted by Gasteiger charge is -2.31. The van der Waals surface area contributed by atoms with E-state index in [0.717, 1.165) is 43.8 Å². The van der Waals surface area contributed by atoms with Gasteiger partial charge in [0.25, 0.3) is 0 Å². The molecule has 0 aliphatic carbocycles. The number of hydrogen-bond donors (Lipinski definition) is 1. The van der Waals surface area contributed by atoms with Crippen LogP contribution in [0.1, 0.15) is 36.0 Å². The summed E-state index contributed by atoms with van der Waals surface area (Å²) in [5, 5.41) is 12.1. The standard InChI is InChI=1S/C18H24FN5O2S/c1-13-2-3-15(12-16(13)19)27(25,26)23-9-5-14(6-10-23)18-22-21-17-4-7-20-8-11-24(17)18/h2-3,12,14,20H,4-11H2,1H3. The van der Waals surface area contributed by atoms with Gasteiger partial charge < -0.3 is 9.88 Å². The van der Waals surface area contributed by atoms with Gasteiger partial charge in [0.05, 0.1) is 4.90 Å². The summed E-state index contributed by atoms with van der Waals surface area (Å²) in [6, 6.07) is 4.10. The van der Waals surface area contributed by atoms with Crippen molar-refractivity contribution in [3.05, 3.63) is 41.2 Å². The second-order valence-corrected chi connectivity index (χ2v) is 9.15. The van der Waals surface area contributed by atoms with E-state index in [1.807, 2.05) is 0 Å². The molecule has 0 saturated carbocycles. The van der Waals surface area contributed by atoms with Gasteiger partial charge in [0, 0.05) is 45.1 Å². The molecule has 1 aromatic heterocycles. The first-order chi connectivity index (χ1) is 13.0. The topological polar surface area (TPSA) is 80.1 Å². The van der Waals surface area contributed by atoms with E-state index < -0.39 is 15.8 Å². The molecule has 27 heavy (non-hydrogen) atoms. The van der Waals surface area contributed by atoms with Gasteiger partial charge in [-0.25, -0.2) is 12.8 Å². The van der Waals surface area contributed by atoms with Gasteiger partial charge in [0.2, 0.25) is 10.0 Å². The van der Waals surface area contributed by atoms with Crippen LogP contribution < -0.4 is 5.32 Å². The molecule has 0 amide bonds. The Morgan fingerprint density at radius 1 is 1.15 bits per heavy atom. The quantitative estimate of drug-likeness (QED) is 0.854. The third-order valence-corrected chi connectivity index (χ3v) is 7.39. The summed E-state index contributed by atoms with van der Waals surface area (Å²) in [6.07, 6.45) is 2.25. The lowest BCUT2D eigenvalue weighted by molar-refractivity contribution is 0.308. The highest BCUT2D eigenvalue weighted by Crippen LogP contribution is 2.30. The van der Waals surface area contributed by atoms with E-state index in [2.05, 4.69) is 20.1 Å². The number of benzene rings is 1. The fraction of sp³-hybridized carbons (Fsp3) is 0.556. The third-order valence-electron chi connectivity index (χ3n) is 5.49. The number of hydrogen-bond acceptors (Lipinski definition) is 5. The van der Waals surface area contributed by atoms with Crippen LogP contribution in [0.4, 0.5) is 4.39 Å². The number of rotatable bonds is 3. The Kier molecular flexibility index (Phi) is 5.00.